The lowest BCUT2D eigenvalue weighted by atomic mass is 9.97. The van der Waals surface area contributed by atoms with Crippen molar-refractivity contribution in [3.63, 3.8) is 0 Å². The fourth-order valence-corrected chi connectivity index (χ4v) is 3.75. The Morgan fingerprint density at radius 3 is 2.35 bits per heavy atom. The van der Waals surface area contributed by atoms with Gasteiger partial charge in [0.2, 0.25) is 5.91 Å². The van der Waals surface area contributed by atoms with Crippen molar-refractivity contribution in [2.24, 2.45) is 5.92 Å². The number of aromatic carboxylic acids is 1. The van der Waals surface area contributed by atoms with Crippen LogP contribution in [0.3, 0.4) is 0 Å². The Morgan fingerprint density at radius 2 is 1.83 bits per heavy atom. The third-order valence-electron chi connectivity index (χ3n) is 4.16. The first kappa shape index (κ1) is 17.4. The molecule has 1 amide bonds. The van der Waals surface area contributed by atoms with Crippen LogP contribution in [0.4, 0.5) is 5.00 Å². The summed E-state index contributed by atoms with van der Waals surface area (Å²) in [5.74, 6) is -2.45. The number of carboxylic acids is 2. The second-order valence-electron chi connectivity index (χ2n) is 5.73. The molecule has 0 unspecified atom stereocenters. The summed E-state index contributed by atoms with van der Waals surface area (Å²) in [7, 11) is 0. The number of anilines is 1. The van der Waals surface area contributed by atoms with Gasteiger partial charge in [-0.2, -0.15) is 0 Å². The number of thiophene rings is 1. The van der Waals surface area contributed by atoms with Crippen molar-refractivity contribution in [2.75, 3.05) is 25.0 Å². The van der Waals surface area contributed by atoms with Gasteiger partial charge in [0.25, 0.3) is 0 Å². The third-order valence-corrected chi connectivity index (χ3v) is 5.28. The van der Waals surface area contributed by atoms with E-state index in [0.29, 0.717) is 36.5 Å². The fraction of sp³-hybridized carbons (Fsp3) is 0.533. The smallest absolute Gasteiger partial charge is 0.338 e. The number of amides is 1. The second-order valence-corrected chi connectivity index (χ2v) is 6.95. The number of rotatable bonds is 5. The van der Waals surface area contributed by atoms with Crippen LogP contribution >= 0.6 is 11.3 Å². The molecular weight excluding hydrogens is 320 g/mol. The van der Waals surface area contributed by atoms with Crippen LogP contribution in [0.5, 0.6) is 0 Å². The van der Waals surface area contributed by atoms with Gasteiger partial charge in [-0.15, -0.1) is 11.3 Å². The number of nitrogens with zero attached hydrogens (tertiary/aromatic N) is 1. The largest absolute Gasteiger partial charge is 0.481 e. The number of aryl methyl sites for hydroxylation is 1. The van der Waals surface area contributed by atoms with E-state index in [2.05, 4.69) is 5.32 Å². The Kier molecular flexibility index (Phi) is 5.38. The summed E-state index contributed by atoms with van der Waals surface area (Å²) >= 11 is 1.25. The summed E-state index contributed by atoms with van der Waals surface area (Å²) < 4.78 is 0. The molecule has 1 aliphatic rings. The van der Waals surface area contributed by atoms with Crippen LogP contribution in [0.1, 0.15) is 33.6 Å². The van der Waals surface area contributed by atoms with Crippen molar-refractivity contribution in [1.29, 1.82) is 0 Å². The number of hydrogen-bond acceptors (Lipinski definition) is 5. The predicted octanol–water partition coefficient (Wildman–Crippen LogP) is 1.80. The van der Waals surface area contributed by atoms with Gasteiger partial charge in [-0.3, -0.25) is 14.5 Å². The molecule has 1 aliphatic heterocycles. The van der Waals surface area contributed by atoms with Crippen LogP contribution in [-0.4, -0.2) is 52.6 Å². The van der Waals surface area contributed by atoms with Gasteiger partial charge in [0.05, 0.1) is 18.0 Å². The summed E-state index contributed by atoms with van der Waals surface area (Å²) in [5.41, 5.74) is 0.811. The Balaban J connectivity index is 1.95. The first-order valence-electron chi connectivity index (χ1n) is 7.38. The SMILES string of the molecule is Cc1sc(NC(=O)CN2CCC(C(=O)O)CC2)c(C(=O)O)c1C. The average molecular weight is 340 g/mol. The van der Waals surface area contributed by atoms with Gasteiger partial charge >= 0.3 is 11.9 Å². The zero-order valence-electron chi connectivity index (χ0n) is 13.1. The molecule has 8 heteroatoms. The first-order valence-corrected chi connectivity index (χ1v) is 8.19. The standard InChI is InChI=1S/C15H20N2O5S/c1-8-9(2)23-13(12(8)15(21)22)16-11(18)7-17-5-3-10(4-6-17)14(19)20/h10H,3-7H2,1-2H3,(H,16,18)(H,19,20)(H,21,22). The van der Waals surface area contributed by atoms with Crippen molar-refractivity contribution < 1.29 is 24.6 Å². The number of nitrogens with one attached hydrogen (secondary N) is 1. The quantitative estimate of drug-likeness (QED) is 0.754. The van der Waals surface area contributed by atoms with Crippen molar-refractivity contribution >= 4 is 34.2 Å². The van der Waals surface area contributed by atoms with Crippen LogP contribution in [0.25, 0.3) is 0 Å². The molecule has 0 radical (unpaired) electrons. The highest BCUT2D eigenvalue weighted by atomic mass is 32.1. The van der Waals surface area contributed by atoms with Crippen molar-refractivity contribution in [1.82, 2.24) is 4.90 Å². The lowest BCUT2D eigenvalue weighted by molar-refractivity contribution is -0.143. The third kappa shape index (κ3) is 4.08. The van der Waals surface area contributed by atoms with Crippen LogP contribution in [0, 0.1) is 19.8 Å². The summed E-state index contributed by atoms with van der Waals surface area (Å²) in [6, 6.07) is 0. The molecule has 0 saturated carbocycles. The number of carboxylic acid groups (broad SMARTS) is 2. The monoisotopic (exact) mass is 340 g/mol. The number of carbonyl (C=O) groups excluding carboxylic acids is 1. The van der Waals surface area contributed by atoms with Crippen LogP contribution in [0.2, 0.25) is 0 Å². The molecule has 3 N–H and O–H groups in total. The topological polar surface area (TPSA) is 107 Å². The predicted molar refractivity (Wildman–Crippen MR) is 86.2 cm³/mol. The lowest BCUT2D eigenvalue weighted by Crippen LogP contribution is -2.40. The molecule has 0 aromatic carbocycles. The highest BCUT2D eigenvalue weighted by Gasteiger charge is 2.26. The van der Waals surface area contributed by atoms with Crippen LogP contribution in [0.15, 0.2) is 0 Å². The maximum atomic E-state index is 12.1. The summed E-state index contributed by atoms with van der Waals surface area (Å²) in [6.07, 6.45) is 1.06. The van der Waals surface area contributed by atoms with Gasteiger partial charge in [-0.05, 0) is 45.3 Å². The van der Waals surface area contributed by atoms with Gasteiger partial charge < -0.3 is 15.5 Å². The van der Waals surface area contributed by atoms with E-state index < -0.39 is 11.9 Å². The molecular formula is C15H20N2O5S. The van der Waals surface area contributed by atoms with Gasteiger partial charge in [-0.25, -0.2) is 4.79 Å². The highest BCUT2D eigenvalue weighted by molar-refractivity contribution is 7.16. The van der Waals surface area contributed by atoms with E-state index in [1.54, 1.807) is 6.92 Å². The Bertz CT molecular complexity index is 632. The van der Waals surface area contributed by atoms with Gasteiger partial charge in [-0.1, -0.05) is 0 Å². The summed E-state index contributed by atoms with van der Waals surface area (Å²) in [5, 5.41) is 21.3. The van der Waals surface area contributed by atoms with Crippen LogP contribution in [-0.2, 0) is 9.59 Å². The zero-order chi connectivity index (χ0) is 17.1. The molecule has 0 atom stereocenters. The molecule has 1 fully saturated rings. The van der Waals surface area contributed by atoms with Crippen molar-refractivity contribution in [2.45, 2.75) is 26.7 Å². The number of carbonyl (C=O) groups is 3. The molecule has 0 spiro atoms. The maximum Gasteiger partial charge on any atom is 0.338 e. The van der Waals surface area contributed by atoms with E-state index in [-0.39, 0.29) is 23.9 Å². The molecule has 2 rings (SSSR count). The number of hydrogen-bond donors (Lipinski definition) is 3. The number of piperidine rings is 1. The molecule has 7 nitrogen and oxygen atoms in total. The molecule has 2 heterocycles. The molecule has 23 heavy (non-hydrogen) atoms. The van der Waals surface area contributed by atoms with Crippen molar-refractivity contribution in [3.8, 4) is 0 Å². The molecule has 0 bridgehead atoms. The minimum atomic E-state index is -1.05. The highest BCUT2D eigenvalue weighted by Crippen LogP contribution is 2.32. The first-order chi connectivity index (χ1) is 10.8. The number of likely N-dealkylation sites (tertiary alicyclic amines) is 1. The van der Waals surface area contributed by atoms with E-state index in [1.807, 2.05) is 11.8 Å². The van der Waals surface area contributed by atoms with E-state index in [0.717, 1.165) is 4.88 Å². The van der Waals surface area contributed by atoms with E-state index in [9.17, 15) is 19.5 Å². The number of aliphatic carboxylic acids is 1. The minimum Gasteiger partial charge on any atom is -0.481 e. The average Bonchev–Trinajstić information content (AvgIpc) is 2.74. The maximum absolute atomic E-state index is 12.1. The summed E-state index contributed by atoms with van der Waals surface area (Å²) in [6.45, 7) is 4.79. The van der Waals surface area contributed by atoms with Gasteiger partial charge in [0, 0.05) is 4.88 Å². The van der Waals surface area contributed by atoms with E-state index in [1.165, 1.54) is 11.3 Å². The van der Waals surface area contributed by atoms with E-state index >= 15 is 0 Å². The summed E-state index contributed by atoms with van der Waals surface area (Å²) in [4.78, 5) is 37.1. The Morgan fingerprint density at radius 1 is 1.22 bits per heavy atom. The van der Waals surface area contributed by atoms with E-state index in [4.69, 9.17) is 5.11 Å². The van der Waals surface area contributed by atoms with Gasteiger partial charge in [0.1, 0.15) is 5.00 Å². The minimum absolute atomic E-state index is 0.140. The molecule has 1 saturated heterocycles. The molecule has 1 aromatic rings. The molecule has 1 aromatic heterocycles. The normalized spacial score (nSPS) is 16.3. The fourth-order valence-electron chi connectivity index (χ4n) is 2.68. The van der Waals surface area contributed by atoms with Gasteiger partial charge in [0.15, 0.2) is 0 Å². The Hall–Kier alpha value is -1.93. The second kappa shape index (κ2) is 7.10. The lowest BCUT2D eigenvalue weighted by Gasteiger charge is -2.29. The van der Waals surface area contributed by atoms with Crippen LogP contribution < -0.4 is 5.32 Å². The molecule has 0 aliphatic carbocycles. The molecule has 126 valence electrons. The zero-order valence-corrected chi connectivity index (χ0v) is 13.9. The Labute approximate surface area is 137 Å². The van der Waals surface area contributed by atoms with Crippen molar-refractivity contribution in [3.05, 3.63) is 16.0 Å².